The Morgan fingerprint density at radius 1 is 1.00 bits per heavy atom. The minimum atomic E-state index is 0.0155. The molecule has 1 aromatic carbocycles. The van der Waals surface area contributed by atoms with Gasteiger partial charge in [0.25, 0.3) is 0 Å². The largest absolute Gasteiger partial charge is 0.253 e. The van der Waals surface area contributed by atoms with E-state index >= 15 is 0 Å². The molecular weight excluding hydrogens is 335 g/mol. The van der Waals surface area contributed by atoms with Gasteiger partial charge in [-0.3, -0.25) is 4.98 Å². The summed E-state index contributed by atoms with van der Waals surface area (Å²) in [4.78, 5) is 9.25. The molecular formula is C15H19IN2. The molecule has 96 valence electrons. The van der Waals surface area contributed by atoms with E-state index in [2.05, 4.69) is 80.4 Å². The molecule has 1 aromatic heterocycles. The van der Waals surface area contributed by atoms with Crippen molar-refractivity contribution >= 4 is 33.6 Å². The van der Waals surface area contributed by atoms with Crippen molar-refractivity contribution in [3.63, 3.8) is 0 Å². The fraction of sp³-hybridized carbons (Fsp3) is 0.467. The highest BCUT2D eigenvalue weighted by Gasteiger charge is 2.19. The SMILES string of the molecule is CC(C)(C)c1ccc2nc(C(C)(C)I)cnc2c1. The van der Waals surface area contributed by atoms with Crippen molar-refractivity contribution in [2.24, 2.45) is 0 Å². The predicted molar refractivity (Wildman–Crippen MR) is 85.3 cm³/mol. The molecule has 0 radical (unpaired) electrons. The predicted octanol–water partition coefficient (Wildman–Crippen LogP) is 4.60. The maximum atomic E-state index is 4.70. The van der Waals surface area contributed by atoms with E-state index in [1.54, 1.807) is 0 Å². The molecule has 1 heterocycles. The first-order valence-corrected chi connectivity index (χ1v) is 7.22. The van der Waals surface area contributed by atoms with Crippen molar-refractivity contribution in [1.82, 2.24) is 9.97 Å². The number of benzene rings is 1. The van der Waals surface area contributed by atoms with Gasteiger partial charge in [0, 0.05) is 0 Å². The summed E-state index contributed by atoms with van der Waals surface area (Å²) in [6, 6.07) is 6.38. The van der Waals surface area contributed by atoms with Crippen LogP contribution in [-0.4, -0.2) is 9.97 Å². The molecule has 0 saturated carbocycles. The fourth-order valence-corrected chi connectivity index (χ4v) is 2.02. The molecule has 0 saturated heterocycles. The van der Waals surface area contributed by atoms with Crippen LogP contribution in [0.3, 0.4) is 0 Å². The normalized spacial score (nSPS) is 13.0. The summed E-state index contributed by atoms with van der Waals surface area (Å²) in [5.74, 6) is 0. The fourth-order valence-electron chi connectivity index (χ4n) is 1.76. The molecule has 0 aliphatic carbocycles. The van der Waals surface area contributed by atoms with Gasteiger partial charge < -0.3 is 0 Å². The summed E-state index contributed by atoms with van der Waals surface area (Å²) in [6.45, 7) is 10.9. The summed E-state index contributed by atoms with van der Waals surface area (Å²) in [6.07, 6.45) is 1.89. The van der Waals surface area contributed by atoms with Crippen LogP contribution in [0.4, 0.5) is 0 Å². The first-order valence-electron chi connectivity index (χ1n) is 6.14. The smallest absolute Gasteiger partial charge is 0.0890 e. The average molecular weight is 354 g/mol. The van der Waals surface area contributed by atoms with E-state index in [9.17, 15) is 0 Å². The van der Waals surface area contributed by atoms with Crippen LogP contribution in [0, 0.1) is 0 Å². The van der Waals surface area contributed by atoms with E-state index in [1.807, 2.05) is 6.20 Å². The van der Waals surface area contributed by atoms with Crippen LogP contribution < -0.4 is 0 Å². The number of halogens is 1. The maximum Gasteiger partial charge on any atom is 0.0890 e. The van der Waals surface area contributed by atoms with Crippen LogP contribution in [-0.2, 0) is 8.84 Å². The standard InChI is InChI=1S/C15H19IN2/c1-14(2,3)10-6-7-11-12(8-10)17-9-13(18-11)15(4,5)16/h6-9H,1-5H3. The molecule has 0 N–H and O–H groups in total. The summed E-state index contributed by atoms with van der Waals surface area (Å²) in [7, 11) is 0. The summed E-state index contributed by atoms with van der Waals surface area (Å²) < 4.78 is 0.0155. The molecule has 0 aliphatic heterocycles. The van der Waals surface area contributed by atoms with Crippen LogP contribution in [0.5, 0.6) is 0 Å². The van der Waals surface area contributed by atoms with Crippen molar-refractivity contribution in [3.05, 3.63) is 35.7 Å². The third-order valence-electron chi connectivity index (χ3n) is 3.02. The van der Waals surface area contributed by atoms with Crippen LogP contribution in [0.25, 0.3) is 11.0 Å². The summed E-state index contributed by atoms with van der Waals surface area (Å²) in [5, 5.41) is 0. The van der Waals surface area contributed by atoms with Crippen LogP contribution in [0.2, 0.25) is 0 Å². The second kappa shape index (κ2) is 4.44. The number of aromatic nitrogens is 2. The average Bonchev–Trinajstić information content (AvgIpc) is 2.25. The Bertz CT molecular complexity index is 524. The van der Waals surface area contributed by atoms with Gasteiger partial charge >= 0.3 is 0 Å². The number of hydrogen-bond donors (Lipinski definition) is 0. The molecule has 3 heteroatoms. The van der Waals surface area contributed by atoms with Gasteiger partial charge in [0.2, 0.25) is 0 Å². The Morgan fingerprint density at radius 3 is 2.22 bits per heavy atom. The highest BCUT2D eigenvalue weighted by Crippen LogP contribution is 2.30. The highest BCUT2D eigenvalue weighted by molar-refractivity contribution is 14.1. The van der Waals surface area contributed by atoms with E-state index in [1.165, 1.54) is 5.56 Å². The molecule has 0 aliphatic rings. The summed E-state index contributed by atoms with van der Waals surface area (Å²) >= 11 is 2.39. The molecule has 0 spiro atoms. The zero-order valence-corrected chi connectivity index (χ0v) is 13.7. The Balaban J connectivity index is 2.56. The zero-order chi connectivity index (χ0) is 13.6. The number of hydrogen-bond acceptors (Lipinski definition) is 2. The third-order valence-corrected chi connectivity index (χ3v) is 3.57. The van der Waals surface area contributed by atoms with Gasteiger partial charge in [-0.2, -0.15) is 0 Å². The minimum Gasteiger partial charge on any atom is -0.253 e. The van der Waals surface area contributed by atoms with E-state index in [0.717, 1.165) is 16.7 Å². The Hall–Kier alpha value is -0.710. The minimum absolute atomic E-state index is 0.0155. The van der Waals surface area contributed by atoms with Crippen LogP contribution >= 0.6 is 22.6 Å². The van der Waals surface area contributed by atoms with Crippen LogP contribution in [0.1, 0.15) is 45.9 Å². The van der Waals surface area contributed by atoms with Gasteiger partial charge in [-0.1, -0.05) is 49.4 Å². The van der Waals surface area contributed by atoms with Gasteiger partial charge in [0.15, 0.2) is 0 Å². The molecule has 0 atom stereocenters. The van der Waals surface area contributed by atoms with Gasteiger partial charge in [-0.25, -0.2) is 4.98 Å². The highest BCUT2D eigenvalue weighted by atomic mass is 127. The molecule has 0 amide bonds. The zero-order valence-electron chi connectivity index (χ0n) is 11.6. The van der Waals surface area contributed by atoms with Gasteiger partial charge in [0.1, 0.15) is 0 Å². The van der Waals surface area contributed by atoms with Crippen molar-refractivity contribution in [3.8, 4) is 0 Å². The quantitative estimate of drug-likeness (QED) is 0.553. The second-order valence-electron chi connectivity index (χ2n) is 6.18. The molecule has 0 fully saturated rings. The second-order valence-corrected chi connectivity index (χ2v) is 8.88. The molecule has 0 bridgehead atoms. The number of rotatable bonds is 1. The van der Waals surface area contributed by atoms with E-state index in [0.29, 0.717) is 0 Å². The first-order chi connectivity index (χ1) is 8.18. The number of fused-ring (bicyclic) bond motifs is 1. The molecule has 2 rings (SSSR count). The van der Waals surface area contributed by atoms with Crippen LogP contribution in [0.15, 0.2) is 24.4 Å². The summed E-state index contributed by atoms with van der Waals surface area (Å²) in [5.41, 5.74) is 4.43. The Morgan fingerprint density at radius 2 is 1.67 bits per heavy atom. The lowest BCUT2D eigenvalue weighted by Gasteiger charge is -2.20. The maximum absolute atomic E-state index is 4.70. The molecule has 2 aromatic rings. The molecule has 18 heavy (non-hydrogen) atoms. The number of nitrogens with zero attached hydrogens (tertiary/aromatic N) is 2. The molecule has 2 nitrogen and oxygen atoms in total. The van der Waals surface area contributed by atoms with E-state index in [4.69, 9.17) is 4.98 Å². The van der Waals surface area contributed by atoms with Gasteiger partial charge in [-0.15, -0.1) is 0 Å². The van der Waals surface area contributed by atoms with Gasteiger partial charge in [-0.05, 0) is 37.0 Å². The third kappa shape index (κ3) is 2.82. The first kappa shape index (κ1) is 13.7. The number of alkyl halides is 1. The van der Waals surface area contributed by atoms with E-state index in [-0.39, 0.29) is 8.84 Å². The van der Waals surface area contributed by atoms with E-state index < -0.39 is 0 Å². The Labute approximate surface area is 122 Å². The monoisotopic (exact) mass is 354 g/mol. The van der Waals surface area contributed by atoms with Crippen molar-refractivity contribution in [2.75, 3.05) is 0 Å². The van der Waals surface area contributed by atoms with Gasteiger partial charge in [0.05, 0.1) is 26.3 Å². The van der Waals surface area contributed by atoms with Crippen molar-refractivity contribution in [2.45, 2.75) is 43.5 Å². The lowest BCUT2D eigenvalue weighted by molar-refractivity contribution is 0.591. The van der Waals surface area contributed by atoms with Crippen molar-refractivity contribution < 1.29 is 0 Å². The molecule has 0 unspecified atom stereocenters. The van der Waals surface area contributed by atoms with Crippen molar-refractivity contribution in [1.29, 1.82) is 0 Å². The lowest BCUT2D eigenvalue weighted by Crippen LogP contribution is -2.12. The lowest BCUT2D eigenvalue weighted by atomic mass is 9.87. The topological polar surface area (TPSA) is 25.8 Å². The Kier molecular flexibility index (Phi) is 3.38.